The van der Waals surface area contributed by atoms with E-state index in [4.69, 9.17) is 5.11 Å². The third-order valence-corrected chi connectivity index (χ3v) is 4.20. The van der Waals surface area contributed by atoms with E-state index in [1.807, 2.05) is 41.8 Å². The molecule has 1 heterocycles. The lowest BCUT2D eigenvalue weighted by molar-refractivity contribution is -0.143. The molecular formula is C16H22N2O3. The summed E-state index contributed by atoms with van der Waals surface area (Å²) < 4.78 is 0. The number of aliphatic carboxylic acids is 1. The minimum atomic E-state index is -0.815. The molecule has 2 rings (SSSR count). The number of carboxylic acid groups (broad SMARTS) is 1. The summed E-state index contributed by atoms with van der Waals surface area (Å²) in [5.41, 5.74) is 2.75. The standard InChI is InChI=1S/C16H22N2O3/c1-11-5-4-6-12(2)14(11)15(19)18-9-7-17(8-10-18)13(3)16(20)21/h4-6,13H,7-10H2,1-3H3,(H,20,21). The monoisotopic (exact) mass is 290 g/mol. The van der Waals surface area contributed by atoms with Gasteiger partial charge in [-0.15, -0.1) is 0 Å². The maximum Gasteiger partial charge on any atom is 0.320 e. The molecule has 0 bridgehead atoms. The number of hydrogen-bond acceptors (Lipinski definition) is 3. The fraction of sp³-hybridized carbons (Fsp3) is 0.500. The van der Waals surface area contributed by atoms with Gasteiger partial charge in [-0.1, -0.05) is 18.2 Å². The first-order valence-corrected chi connectivity index (χ1v) is 7.24. The Hall–Kier alpha value is -1.88. The van der Waals surface area contributed by atoms with Gasteiger partial charge in [-0.25, -0.2) is 0 Å². The predicted octanol–water partition coefficient (Wildman–Crippen LogP) is 1.53. The van der Waals surface area contributed by atoms with Crippen molar-refractivity contribution >= 4 is 11.9 Å². The van der Waals surface area contributed by atoms with Gasteiger partial charge in [0.05, 0.1) is 0 Å². The number of rotatable bonds is 3. The molecule has 0 saturated carbocycles. The number of amides is 1. The van der Waals surface area contributed by atoms with Gasteiger partial charge in [0.15, 0.2) is 0 Å². The van der Waals surface area contributed by atoms with Gasteiger partial charge >= 0.3 is 5.97 Å². The Morgan fingerprint density at radius 3 is 2.10 bits per heavy atom. The lowest BCUT2D eigenvalue weighted by Crippen LogP contribution is -2.53. The van der Waals surface area contributed by atoms with Gasteiger partial charge in [0.25, 0.3) is 5.91 Å². The van der Waals surface area contributed by atoms with Crippen LogP contribution in [-0.4, -0.2) is 59.0 Å². The molecule has 5 heteroatoms. The molecule has 0 radical (unpaired) electrons. The van der Waals surface area contributed by atoms with E-state index in [0.29, 0.717) is 26.2 Å². The zero-order valence-electron chi connectivity index (χ0n) is 12.8. The maximum absolute atomic E-state index is 12.6. The molecule has 1 fully saturated rings. The molecule has 1 atom stereocenters. The minimum absolute atomic E-state index is 0.0493. The summed E-state index contributed by atoms with van der Waals surface area (Å²) in [4.78, 5) is 27.4. The SMILES string of the molecule is Cc1cccc(C)c1C(=O)N1CCN(C(C)C(=O)O)CC1. The number of nitrogens with zero attached hydrogens (tertiary/aromatic N) is 2. The van der Waals surface area contributed by atoms with Crippen molar-refractivity contribution in [2.75, 3.05) is 26.2 Å². The minimum Gasteiger partial charge on any atom is -0.480 e. The highest BCUT2D eigenvalue weighted by molar-refractivity contribution is 5.97. The number of carboxylic acids is 1. The lowest BCUT2D eigenvalue weighted by atomic mass is 10.0. The molecule has 0 aliphatic carbocycles. The van der Waals surface area contributed by atoms with E-state index in [9.17, 15) is 9.59 Å². The smallest absolute Gasteiger partial charge is 0.320 e. The molecule has 0 spiro atoms. The van der Waals surface area contributed by atoms with Crippen molar-refractivity contribution in [1.82, 2.24) is 9.80 Å². The normalized spacial score (nSPS) is 17.6. The van der Waals surface area contributed by atoms with Crippen LogP contribution in [0.4, 0.5) is 0 Å². The second kappa shape index (κ2) is 6.26. The van der Waals surface area contributed by atoms with E-state index in [-0.39, 0.29) is 5.91 Å². The third kappa shape index (κ3) is 3.24. The van der Waals surface area contributed by atoms with Gasteiger partial charge in [0.1, 0.15) is 6.04 Å². The van der Waals surface area contributed by atoms with Crippen LogP contribution in [-0.2, 0) is 4.79 Å². The van der Waals surface area contributed by atoms with E-state index in [2.05, 4.69) is 0 Å². The highest BCUT2D eigenvalue weighted by Crippen LogP contribution is 2.17. The van der Waals surface area contributed by atoms with Gasteiger partial charge in [0, 0.05) is 31.7 Å². The average molecular weight is 290 g/mol. The van der Waals surface area contributed by atoms with Crippen molar-refractivity contribution in [3.63, 3.8) is 0 Å². The summed E-state index contributed by atoms with van der Waals surface area (Å²) in [5.74, 6) is -0.766. The second-order valence-corrected chi connectivity index (χ2v) is 5.61. The van der Waals surface area contributed by atoms with Crippen LogP contribution in [0.2, 0.25) is 0 Å². The molecule has 5 nitrogen and oxygen atoms in total. The molecule has 1 unspecified atom stereocenters. The lowest BCUT2D eigenvalue weighted by Gasteiger charge is -2.37. The topological polar surface area (TPSA) is 60.9 Å². The third-order valence-electron chi connectivity index (χ3n) is 4.20. The molecule has 114 valence electrons. The average Bonchev–Trinajstić information content (AvgIpc) is 2.46. The number of aryl methyl sites for hydroxylation is 2. The summed E-state index contributed by atoms with van der Waals surface area (Å²) in [5, 5.41) is 9.04. The van der Waals surface area contributed by atoms with Gasteiger partial charge in [0.2, 0.25) is 0 Å². The summed E-state index contributed by atoms with van der Waals surface area (Å²) in [7, 11) is 0. The van der Waals surface area contributed by atoms with Crippen molar-refractivity contribution in [3.05, 3.63) is 34.9 Å². The van der Waals surface area contributed by atoms with Crippen molar-refractivity contribution in [2.45, 2.75) is 26.8 Å². The van der Waals surface area contributed by atoms with E-state index < -0.39 is 12.0 Å². The Balaban J connectivity index is 2.06. The Kier molecular flexibility index (Phi) is 4.63. The van der Waals surface area contributed by atoms with E-state index >= 15 is 0 Å². The van der Waals surface area contributed by atoms with Crippen LogP contribution in [0, 0.1) is 13.8 Å². The fourth-order valence-corrected chi connectivity index (χ4v) is 2.78. The van der Waals surface area contributed by atoms with Crippen LogP contribution in [0.1, 0.15) is 28.4 Å². The number of piperazine rings is 1. The summed E-state index contributed by atoms with van der Waals surface area (Å²) in [6, 6.07) is 5.35. The van der Waals surface area contributed by atoms with Gasteiger partial charge in [-0.2, -0.15) is 0 Å². The molecule has 1 saturated heterocycles. The summed E-state index contributed by atoms with van der Waals surface area (Å²) in [6.07, 6.45) is 0. The Labute approximate surface area is 125 Å². The first-order chi connectivity index (χ1) is 9.91. The Morgan fingerprint density at radius 1 is 1.10 bits per heavy atom. The zero-order chi connectivity index (χ0) is 15.6. The first kappa shape index (κ1) is 15.5. The number of carbonyl (C=O) groups excluding carboxylic acids is 1. The highest BCUT2D eigenvalue weighted by Gasteiger charge is 2.28. The molecule has 1 N–H and O–H groups in total. The number of hydrogen-bond donors (Lipinski definition) is 1. The number of benzene rings is 1. The van der Waals surface area contributed by atoms with Crippen LogP contribution in [0.25, 0.3) is 0 Å². The van der Waals surface area contributed by atoms with Crippen LogP contribution in [0.5, 0.6) is 0 Å². The second-order valence-electron chi connectivity index (χ2n) is 5.61. The van der Waals surface area contributed by atoms with Crippen molar-refractivity contribution in [2.24, 2.45) is 0 Å². The van der Waals surface area contributed by atoms with Crippen LogP contribution in [0.3, 0.4) is 0 Å². The maximum atomic E-state index is 12.6. The van der Waals surface area contributed by atoms with Gasteiger partial charge < -0.3 is 10.0 Å². The molecular weight excluding hydrogens is 268 g/mol. The highest BCUT2D eigenvalue weighted by atomic mass is 16.4. The number of carbonyl (C=O) groups is 2. The van der Waals surface area contributed by atoms with E-state index in [1.165, 1.54) is 0 Å². The first-order valence-electron chi connectivity index (χ1n) is 7.24. The van der Waals surface area contributed by atoms with Crippen molar-refractivity contribution < 1.29 is 14.7 Å². The van der Waals surface area contributed by atoms with Crippen molar-refractivity contribution in [3.8, 4) is 0 Å². The zero-order valence-corrected chi connectivity index (χ0v) is 12.8. The van der Waals surface area contributed by atoms with Gasteiger partial charge in [-0.3, -0.25) is 14.5 Å². The largest absolute Gasteiger partial charge is 0.480 e. The quantitative estimate of drug-likeness (QED) is 0.917. The molecule has 1 amide bonds. The van der Waals surface area contributed by atoms with Crippen molar-refractivity contribution in [1.29, 1.82) is 0 Å². The molecule has 0 aromatic heterocycles. The Morgan fingerprint density at radius 2 is 1.62 bits per heavy atom. The molecule has 1 aromatic carbocycles. The molecule has 1 aliphatic rings. The molecule has 1 aromatic rings. The molecule has 21 heavy (non-hydrogen) atoms. The van der Waals surface area contributed by atoms with Crippen LogP contribution in [0.15, 0.2) is 18.2 Å². The van der Waals surface area contributed by atoms with Crippen LogP contribution >= 0.6 is 0 Å². The van der Waals surface area contributed by atoms with E-state index in [1.54, 1.807) is 6.92 Å². The van der Waals surface area contributed by atoms with E-state index in [0.717, 1.165) is 16.7 Å². The van der Waals surface area contributed by atoms with Crippen LogP contribution < -0.4 is 0 Å². The Bertz CT molecular complexity index is 528. The fourth-order valence-electron chi connectivity index (χ4n) is 2.78. The molecule has 1 aliphatic heterocycles. The van der Waals surface area contributed by atoms with Gasteiger partial charge in [-0.05, 0) is 31.9 Å². The summed E-state index contributed by atoms with van der Waals surface area (Å²) >= 11 is 0. The summed E-state index contributed by atoms with van der Waals surface area (Å²) in [6.45, 7) is 7.93. The predicted molar refractivity (Wildman–Crippen MR) is 80.5 cm³/mol.